The smallest absolute Gasteiger partial charge is 0.262 e. The first-order chi connectivity index (χ1) is 12.6. The molecule has 26 heavy (non-hydrogen) atoms. The minimum atomic E-state index is -0.194. The van der Waals surface area contributed by atoms with Gasteiger partial charge in [-0.25, -0.2) is 4.98 Å². The highest BCUT2D eigenvalue weighted by atomic mass is 32.1. The Morgan fingerprint density at radius 2 is 2.08 bits per heavy atom. The Morgan fingerprint density at radius 1 is 1.31 bits per heavy atom. The first-order valence-corrected chi connectivity index (χ1v) is 9.28. The fourth-order valence-corrected chi connectivity index (χ4v) is 3.55. The highest BCUT2D eigenvalue weighted by molar-refractivity contribution is 7.21. The molecule has 0 aliphatic carbocycles. The molecule has 0 saturated carbocycles. The molecule has 0 bridgehead atoms. The average molecular weight is 371 g/mol. The van der Waals surface area contributed by atoms with Gasteiger partial charge in [0.2, 0.25) is 5.91 Å². The van der Waals surface area contributed by atoms with Gasteiger partial charge in [0.05, 0.1) is 18.3 Å². The van der Waals surface area contributed by atoms with Gasteiger partial charge in [-0.1, -0.05) is 30.3 Å². The summed E-state index contributed by atoms with van der Waals surface area (Å²) in [5.74, 6) is -0.147. The monoisotopic (exact) mass is 371 g/mol. The minimum absolute atomic E-state index is 0.0269. The molecule has 0 aliphatic heterocycles. The molecule has 0 N–H and O–H groups in total. The van der Waals surface area contributed by atoms with Crippen molar-refractivity contribution in [3.05, 3.63) is 53.1 Å². The van der Waals surface area contributed by atoms with Crippen LogP contribution in [-0.2, 0) is 16.1 Å². The summed E-state index contributed by atoms with van der Waals surface area (Å²) in [7, 11) is 1.70. The summed E-state index contributed by atoms with van der Waals surface area (Å²) in [4.78, 5) is 32.6. The summed E-state index contributed by atoms with van der Waals surface area (Å²) in [6.45, 7) is 3.47. The molecule has 3 rings (SSSR count). The first kappa shape index (κ1) is 18.3. The van der Waals surface area contributed by atoms with E-state index in [-0.39, 0.29) is 18.0 Å². The number of carbonyl (C=O) groups is 1. The Hall–Kier alpha value is -2.51. The molecular formula is C19H21N3O3S. The quantitative estimate of drug-likeness (QED) is 0.599. The topological polar surface area (TPSA) is 64.4 Å². The number of amides is 1. The molecule has 136 valence electrons. The number of hydrogen-bond donors (Lipinski definition) is 0. The zero-order valence-electron chi connectivity index (χ0n) is 14.8. The number of rotatable bonds is 7. The van der Waals surface area contributed by atoms with Gasteiger partial charge in [0.1, 0.15) is 11.4 Å². The lowest BCUT2D eigenvalue weighted by molar-refractivity contribution is -0.131. The van der Waals surface area contributed by atoms with E-state index in [1.165, 1.54) is 22.2 Å². The summed E-state index contributed by atoms with van der Waals surface area (Å²) in [5.41, 5.74) is 0.855. The number of thiophene rings is 1. The van der Waals surface area contributed by atoms with Crippen molar-refractivity contribution in [3.63, 3.8) is 0 Å². The maximum Gasteiger partial charge on any atom is 0.262 e. The zero-order valence-corrected chi connectivity index (χ0v) is 15.7. The van der Waals surface area contributed by atoms with Crippen LogP contribution in [0.1, 0.15) is 6.92 Å². The Morgan fingerprint density at radius 3 is 2.81 bits per heavy atom. The molecule has 0 unspecified atom stereocenters. The fraction of sp³-hybridized carbons (Fsp3) is 0.316. The third kappa shape index (κ3) is 4.00. The number of fused-ring (bicyclic) bond motifs is 1. The highest BCUT2D eigenvalue weighted by Gasteiger charge is 2.14. The van der Waals surface area contributed by atoms with E-state index in [1.54, 1.807) is 11.9 Å². The van der Waals surface area contributed by atoms with E-state index in [1.807, 2.05) is 43.3 Å². The largest absolute Gasteiger partial charge is 0.380 e. The van der Waals surface area contributed by atoms with Crippen molar-refractivity contribution < 1.29 is 9.53 Å². The molecule has 0 aliphatic rings. The van der Waals surface area contributed by atoms with Crippen molar-refractivity contribution in [1.82, 2.24) is 14.5 Å². The third-order valence-corrected chi connectivity index (χ3v) is 5.18. The maximum absolute atomic E-state index is 12.7. The Kier molecular flexibility index (Phi) is 5.80. The van der Waals surface area contributed by atoms with Crippen LogP contribution in [0.3, 0.4) is 0 Å². The Balaban J connectivity index is 1.81. The van der Waals surface area contributed by atoms with Gasteiger partial charge in [0.25, 0.3) is 5.56 Å². The van der Waals surface area contributed by atoms with Crippen LogP contribution < -0.4 is 5.56 Å². The van der Waals surface area contributed by atoms with E-state index < -0.39 is 0 Å². The summed E-state index contributed by atoms with van der Waals surface area (Å²) < 4.78 is 6.62. The minimum Gasteiger partial charge on any atom is -0.380 e. The predicted molar refractivity (Wildman–Crippen MR) is 103 cm³/mol. The second kappa shape index (κ2) is 8.25. The lowest BCUT2D eigenvalue weighted by Gasteiger charge is -2.17. The number of ether oxygens (including phenoxy) is 1. The summed E-state index contributed by atoms with van der Waals surface area (Å²) in [6.07, 6.45) is 1.45. The molecule has 3 aromatic rings. The number of hydrogen-bond acceptors (Lipinski definition) is 5. The molecule has 0 fully saturated rings. The van der Waals surface area contributed by atoms with Crippen LogP contribution in [-0.4, -0.2) is 47.2 Å². The van der Waals surface area contributed by atoms with E-state index in [9.17, 15) is 9.59 Å². The molecule has 0 atom stereocenters. The zero-order chi connectivity index (χ0) is 18.5. The van der Waals surface area contributed by atoms with Crippen LogP contribution in [0.25, 0.3) is 20.7 Å². The van der Waals surface area contributed by atoms with Crippen LogP contribution in [0.4, 0.5) is 0 Å². The number of nitrogens with zero attached hydrogens (tertiary/aromatic N) is 3. The van der Waals surface area contributed by atoms with Gasteiger partial charge in [-0.2, -0.15) is 0 Å². The average Bonchev–Trinajstić information content (AvgIpc) is 3.10. The Labute approximate surface area is 155 Å². The molecule has 1 amide bonds. The van der Waals surface area contributed by atoms with Crippen molar-refractivity contribution in [3.8, 4) is 10.4 Å². The molecule has 0 saturated heterocycles. The van der Waals surface area contributed by atoms with E-state index in [0.717, 1.165) is 10.4 Å². The van der Waals surface area contributed by atoms with Crippen LogP contribution in [0.2, 0.25) is 0 Å². The van der Waals surface area contributed by atoms with Crippen molar-refractivity contribution in [2.75, 3.05) is 26.8 Å². The SMILES string of the molecule is CCOCCN(C)C(=O)Cn1cnc2sc(-c3ccccc3)cc2c1=O. The maximum atomic E-state index is 12.7. The molecule has 0 radical (unpaired) electrons. The van der Waals surface area contributed by atoms with Gasteiger partial charge < -0.3 is 9.64 Å². The van der Waals surface area contributed by atoms with E-state index in [2.05, 4.69) is 4.98 Å². The van der Waals surface area contributed by atoms with Gasteiger partial charge >= 0.3 is 0 Å². The van der Waals surface area contributed by atoms with Crippen molar-refractivity contribution in [2.45, 2.75) is 13.5 Å². The molecule has 0 spiro atoms. The predicted octanol–water partition coefficient (Wildman–Crippen LogP) is 2.62. The summed E-state index contributed by atoms with van der Waals surface area (Å²) >= 11 is 1.48. The number of carbonyl (C=O) groups excluding carboxylic acids is 1. The summed E-state index contributed by atoms with van der Waals surface area (Å²) in [6, 6.07) is 11.7. The lowest BCUT2D eigenvalue weighted by atomic mass is 10.2. The van der Waals surface area contributed by atoms with Crippen LogP contribution in [0, 0.1) is 0 Å². The second-order valence-electron chi connectivity index (χ2n) is 5.89. The van der Waals surface area contributed by atoms with Gasteiger partial charge in [0, 0.05) is 25.1 Å². The molecule has 2 heterocycles. The molecule has 1 aromatic carbocycles. The number of aromatic nitrogens is 2. The normalized spacial score (nSPS) is 11.0. The second-order valence-corrected chi connectivity index (χ2v) is 6.92. The Bertz CT molecular complexity index is 950. The van der Waals surface area contributed by atoms with Crippen LogP contribution >= 0.6 is 11.3 Å². The third-order valence-electron chi connectivity index (χ3n) is 4.08. The van der Waals surface area contributed by atoms with Crippen molar-refractivity contribution >= 4 is 27.5 Å². The van der Waals surface area contributed by atoms with Gasteiger partial charge in [-0.05, 0) is 18.6 Å². The standard InChI is InChI=1S/C19H21N3O3S/c1-3-25-10-9-21(2)17(23)12-22-13-20-18-15(19(22)24)11-16(26-18)14-7-5-4-6-8-14/h4-8,11,13H,3,9-10,12H2,1-2H3. The fourth-order valence-electron chi connectivity index (χ4n) is 2.55. The number of likely N-dealkylation sites (N-methyl/N-ethyl adjacent to an activating group) is 1. The van der Waals surface area contributed by atoms with E-state index in [0.29, 0.717) is 30.0 Å². The van der Waals surface area contributed by atoms with Crippen molar-refractivity contribution in [1.29, 1.82) is 0 Å². The highest BCUT2D eigenvalue weighted by Crippen LogP contribution is 2.30. The first-order valence-electron chi connectivity index (χ1n) is 8.46. The summed E-state index contributed by atoms with van der Waals surface area (Å²) in [5, 5.41) is 0.543. The lowest BCUT2D eigenvalue weighted by Crippen LogP contribution is -2.35. The van der Waals surface area contributed by atoms with Crippen LogP contribution in [0.15, 0.2) is 47.5 Å². The number of benzene rings is 1. The van der Waals surface area contributed by atoms with Crippen LogP contribution in [0.5, 0.6) is 0 Å². The molecule has 6 nitrogen and oxygen atoms in total. The molecular weight excluding hydrogens is 350 g/mol. The van der Waals surface area contributed by atoms with Gasteiger partial charge in [-0.3, -0.25) is 14.2 Å². The molecule has 7 heteroatoms. The molecule has 2 aromatic heterocycles. The van der Waals surface area contributed by atoms with E-state index >= 15 is 0 Å². The van der Waals surface area contributed by atoms with Gasteiger partial charge in [0.15, 0.2) is 0 Å². The van der Waals surface area contributed by atoms with E-state index in [4.69, 9.17) is 4.74 Å². The van der Waals surface area contributed by atoms with Crippen molar-refractivity contribution in [2.24, 2.45) is 0 Å². The van der Waals surface area contributed by atoms with Gasteiger partial charge in [-0.15, -0.1) is 11.3 Å².